The van der Waals surface area contributed by atoms with Crippen molar-refractivity contribution in [3.05, 3.63) is 29.3 Å². The van der Waals surface area contributed by atoms with E-state index in [4.69, 9.17) is 13.9 Å². The zero-order chi connectivity index (χ0) is 29.3. The Kier molecular flexibility index (Phi) is 7.91. The molecular weight excluding hydrogens is 516 g/mol. The van der Waals surface area contributed by atoms with Crippen LogP contribution < -0.4 is 4.43 Å². The predicted molar refractivity (Wildman–Crippen MR) is 163 cm³/mol. The lowest BCUT2D eigenvalue weighted by Crippen LogP contribution is -2.63. The highest BCUT2D eigenvalue weighted by Crippen LogP contribution is 2.67. The number of rotatable bonds is 7. The van der Waals surface area contributed by atoms with E-state index in [-0.39, 0.29) is 22.3 Å². The van der Waals surface area contributed by atoms with E-state index >= 15 is 0 Å². The maximum atomic E-state index is 12.6. The minimum absolute atomic E-state index is 0.168. The van der Waals surface area contributed by atoms with Crippen molar-refractivity contribution in [3.8, 4) is 5.75 Å². The number of aliphatic hydroxyl groups excluding tert-OH is 1. The Morgan fingerprint density at radius 1 is 1.10 bits per heavy atom. The van der Waals surface area contributed by atoms with E-state index in [0.29, 0.717) is 37.4 Å². The van der Waals surface area contributed by atoms with Crippen LogP contribution in [0.3, 0.4) is 0 Å². The lowest BCUT2D eigenvalue weighted by molar-refractivity contribution is -0.278. The van der Waals surface area contributed by atoms with E-state index in [2.05, 4.69) is 79.8 Å². The minimum atomic E-state index is -1.89. The monoisotopic (exact) mass is 572 g/mol. The Morgan fingerprint density at radius 3 is 2.40 bits per heavy atom. The van der Waals surface area contributed by atoms with Crippen molar-refractivity contribution in [3.63, 3.8) is 0 Å². The van der Waals surface area contributed by atoms with Gasteiger partial charge in [-0.2, -0.15) is 0 Å². The molecule has 0 unspecified atom stereocenters. The number of hydrogen-bond acceptors (Lipinski definition) is 5. The van der Waals surface area contributed by atoms with Crippen molar-refractivity contribution in [2.45, 2.75) is 135 Å². The van der Waals surface area contributed by atoms with Gasteiger partial charge in [0.2, 0.25) is 8.32 Å². The van der Waals surface area contributed by atoms with Gasteiger partial charge in [-0.25, -0.2) is 0 Å². The number of fused-ring (bicyclic) bond motifs is 5. The minimum Gasteiger partial charge on any atom is -0.543 e. The second kappa shape index (κ2) is 10.4. The zero-order valence-corrected chi connectivity index (χ0v) is 27.7. The molecule has 0 aromatic heterocycles. The third-order valence-electron chi connectivity index (χ3n) is 12.3. The summed E-state index contributed by atoms with van der Waals surface area (Å²) in [6.45, 7) is 21.4. The standard InChI is InChI=1S/C34H56O5Si/c1-22(2)14-17-33(37-18-19-38-33)23(3)34(36)30(35)21-29-28-12-10-24-20-25(39-40(8,9)31(4,5)6)11-13-26(24)27(28)15-16-32(29,34)7/h11,13,20,22-23,27-30,35-36H,10,12,14-19,21H2,1-9H3/t23-,27-,28-,29+,30+,32+,34-/m1/s1. The molecule has 1 aliphatic heterocycles. The van der Waals surface area contributed by atoms with Crippen LogP contribution in [0.4, 0.5) is 0 Å². The van der Waals surface area contributed by atoms with Gasteiger partial charge in [0.15, 0.2) is 5.79 Å². The highest BCUT2D eigenvalue weighted by atomic mass is 28.4. The molecule has 2 saturated carbocycles. The SMILES string of the molecule is CC(C)CCC1([C@@H](C)[C@@]2(O)[C@@H](O)C[C@H]3[C@@H]4CCc5cc(O[Si](C)(C)C(C)(C)C)ccc5[C@H]4CC[C@@]32C)OCCO1. The molecule has 0 spiro atoms. The molecule has 5 nitrogen and oxygen atoms in total. The summed E-state index contributed by atoms with van der Waals surface area (Å²) in [5, 5.41) is 24.5. The van der Waals surface area contributed by atoms with E-state index in [1.54, 1.807) is 0 Å². The summed E-state index contributed by atoms with van der Waals surface area (Å²) in [7, 11) is -1.89. The van der Waals surface area contributed by atoms with Gasteiger partial charge in [0.05, 0.1) is 19.3 Å². The van der Waals surface area contributed by atoms with Crippen LogP contribution in [-0.2, 0) is 15.9 Å². The number of hydrogen-bond donors (Lipinski definition) is 2. The van der Waals surface area contributed by atoms with Gasteiger partial charge >= 0.3 is 0 Å². The second-order valence-electron chi connectivity index (χ2n) is 15.8. The summed E-state index contributed by atoms with van der Waals surface area (Å²) in [4.78, 5) is 0. The van der Waals surface area contributed by atoms with Crippen molar-refractivity contribution in [1.29, 1.82) is 0 Å². The Labute approximate surface area is 244 Å². The molecule has 7 atom stereocenters. The van der Waals surface area contributed by atoms with Crippen molar-refractivity contribution >= 4 is 8.32 Å². The quantitative estimate of drug-likeness (QED) is 0.332. The summed E-state index contributed by atoms with van der Waals surface area (Å²) in [5.41, 5.74) is 1.28. The van der Waals surface area contributed by atoms with Gasteiger partial charge in [0.25, 0.3) is 0 Å². The molecule has 4 aliphatic rings. The van der Waals surface area contributed by atoms with E-state index < -0.39 is 25.8 Å². The van der Waals surface area contributed by atoms with Gasteiger partial charge in [0.1, 0.15) is 11.4 Å². The van der Waals surface area contributed by atoms with Crippen LogP contribution in [0.25, 0.3) is 0 Å². The Hall–Kier alpha value is -0.923. The molecular formula is C34H56O5Si. The first-order valence-corrected chi connectivity index (χ1v) is 19.0. The summed E-state index contributed by atoms with van der Waals surface area (Å²) in [6, 6.07) is 6.85. The number of aryl methyl sites for hydroxylation is 1. The van der Waals surface area contributed by atoms with Gasteiger partial charge in [-0.15, -0.1) is 0 Å². The van der Waals surface area contributed by atoms with Gasteiger partial charge in [-0.05, 0) is 104 Å². The second-order valence-corrected chi connectivity index (χ2v) is 20.6. The lowest BCUT2D eigenvalue weighted by Gasteiger charge is -2.56. The van der Waals surface area contributed by atoms with Crippen LogP contribution in [0.1, 0.15) is 104 Å². The van der Waals surface area contributed by atoms with E-state index in [1.165, 1.54) is 11.1 Å². The van der Waals surface area contributed by atoms with Crippen molar-refractivity contribution in [2.75, 3.05) is 13.2 Å². The first-order chi connectivity index (χ1) is 18.6. The molecule has 0 bridgehead atoms. The molecule has 0 radical (unpaired) electrons. The van der Waals surface area contributed by atoms with E-state index in [1.807, 2.05) is 0 Å². The van der Waals surface area contributed by atoms with Gasteiger partial charge in [0, 0.05) is 17.8 Å². The fourth-order valence-electron chi connectivity index (χ4n) is 8.81. The number of benzene rings is 1. The molecule has 3 fully saturated rings. The van der Waals surface area contributed by atoms with Gasteiger partial charge in [-0.1, -0.05) is 54.5 Å². The molecule has 2 N–H and O–H groups in total. The average Bonchev–Trinajstić information content (AvgIpc) is 3.44. The summed E-state index contributed by atoms with van der Waals surface area (Å²) in [5.74, 6) is 1.62. The highest BCUT2D eigenvalue weighted by molar-refractivity contribution is 6.74. The lowest BCUT2D eigenvalue weighted by atomic mass is 9.51. The maximum absolute atomic E-state index is 12.6. The third kappa shape index (κ3) is 4.72. The Balaban J connectivity index is 1.40. The van der Waals surface area contributed by atoms with E-state index in [9.17, 15) is 10.2 Å². The zero-order valence-electron chi connectivity index (χ0n) is 26.7. The molecule has 1 saturated heterocycles. The summed E-state index contributed by atoms with van der Waals surface area (Å²) < 4.78 is 19.3. The molecule has 1 aromatic rings. The Morgan fingerprint density at radius 2 is 1.77 bits per heavy atom. The van der Waals surface area contributed by atoms with Gasteiger partial charge < -0.3 is 24.1 Å². The molecule has 40 heavy (non-hydrogen) atoms. The van der Waals surface area contributed by atoms with Crippen LogP contribution in [-0.4, -0.2) is 49.2 Å². The molecule has 5 rings (SSSR count). The van der Waals surface area contributed by atoms with Crippen molar-refractivity contribution in [2.24, 2.45) is 29.1 Å². The maximum Gasteiger partial charge on any atom is 0.250 e. The first-order valence-electron chi connectivity index (χ1n) is 16.1. The summed E-state index contributed by atoms with van der Waals surface area (Å²) in [6.07, 6.45) is 5.67. The normalized spacial score (nSPS) is 36.2. The van der Waals surface area contributed by atoms with E-state index in [0.717, 1.165) is 44.3 Å². The van der Waals surface area contributed by atoms with Crippen LogP contribution in [0, 0.1) is 29.1 Å². The molecule has 226 valence electrons. The van der Waals surface area contributed by atoms with Crippen molar-refractivity contribution in [1.82, 2.24) is 0 Å². The molecule has 1 heterocycles. The Bertz CT molecular complexity index is 1070. The van der Waals surface area contributed by atoms with Crippen LogP contribution in [0.2, 0.25) is 18.1 Å². The smallest absolute Gasteiger partial charge is 0.250 e. The molecule has 0 amide bonds. The molecule has 3 aliphatic carbocycles. The number of aliphatic hydroxyl groups is 2. The first kappa shape index (κ1) is 30.5. The van der Waals surface area contributed by atoms with Crippen LogP contribution in [0.5, 0.6) is 5.75 Å². The van der Waals surface area contributed by atoms with Crippen molar-refractivity contribution < 1.29 is 24.1 Å². The van der Waals surface area contributed by atoms with Crippen LogP contribution >= 0.6 is 0 Å². The highest BCUT2D eigenvalue weighted by Gasteiger charge is 2.70. The molecule has 1 aromatic carbocycles. The fraction of sp³-hybridized carbons (Fsp3) is 0.824. The largest absolute Gasteiger partial charge is 0.543 e. The predicted octanol–water partition coefficient (Wildman–Crippen LogP) is 7.44. The average molecular weight is 573 g/mol. The van der Waals surface area contributed by atoms with Crippen LogP contribution in [0.15, 0.2) is 18.2 Å². The topological polar surface area (TPSA) is 68.2 Å². The van der Waals surface area contributed by atoms with Gasteiger partial charge in [-0.3, -0.25) is 0 Å². The number of ether oxygens (including phenoxy) is 2. The third-order valence-corrected chi connectivity index (χ3v) is 16.7. The summed E-state index contributed by atoms with van der Waals surface area (Å²) >= 11 is 0. The molecule has 6 heteroatoms. The fourth-order valence-corrected chi connectivity index (χ4v) is 9.83.